The summed E-state index contributed by atoms with van der Waals surface area (Å²) in [5, 5.41) is 5.69. The number of thiazole rings is 1. The molecule has 5 nitrogen and oxygen atoms in total. The summed E-state index contributed by atoms with van der Waals surface area (Å²) < 4.78 is 0. The van der Waals surface area contributed by atoms with Gasteiger partial charge in [0.1, 0.15) is 0 Å². The number of carbonyl (C=O) groups is 2. The first kappa shape index (κ1) is 17.6. The Hall–Kier alpha value is -2.21. The Balaban J connectivity index is 1.42. The highest BCUT2D eigenvalue weighted by atomic mass is 32.1. The third kappa shape index (κ3) is 5.13. The maximum absolute atomic E-state index is 12.0. The molecule has 0 atom stereocenters. The minimum Gasteiger partial charge on any atom is -0.347 e. The van der Waals surface area contributed by atoms with Crippen LogP contribution in [0.4, 0.5) is 0 Å². The third-order valence-electron chi connectivity index (χ3n) is 4.33. The number of carbonyl (C=O) groups excluding carboxylic acids is 2. The molecule has 0 spiro atoms. The van der Waals surface area contributed by atoms with Gasteiger partial charge in [0.25, 0.3) is 0 Å². The highest BCUT2D eigenvalue weighted by Gasteiger charge is 2.17. The zero-order valence-electron chi connectivity index (χ0n) is 14.2. The molecule has 1 fully saturated rings. The van der Waals surface area contributed by atoms with E-state index in [1.165, 1.54) is 6.42 Å². The van der Waals surface area contributed by atoms with E-state index in [1.807, 2.05) is 40.6 Å². The van der Waals surface area contributed by atoms with Gasteiger partial charge in [0.15, 0.2) is 0 Å². The van der Waals surface area contributed by atoms with Crippen molar-refractivity contribution in [1.82, 2.24) is 15.2 Å². The number of aromatic nitrogens is 1. The minimum absolute atomic E-state index is 0.0219. The van der Waals surface area contributed by atoms with Crippen molar-refractivity contribution < 1.29 is 9.59 Å². The zero-order valence-corrected chi connectivity index (χ0v) is 15.1. The molecular formula is C19H23N3O2S. The van der Waals surface area contributed by atoms with Crippen molar-refractivity contribution in [3.63, 3.8) is 0 Å². The van der Waals surface area contributed by atoms with Gasteiger partial charge in [-0.2, -0.15) is 0 Å². The molecule has 1 aliphatic heterocycles. The smallest absolute Gasteiger partial charge is 0.241 e. The predicted octanol–water partition coefficient (Wildman–Crippen LogP) is 2.87. The van der Waals surface area contributed by atoms with Crippen molar-refractivity contribution in [2.45, 2.75) is 32.1 Å². The molecule has 0 unspecified atom stereocenters. The number of hydrogen-bond acceptors (Lipinski definition) is 4. The summed E-state index contributed by atoms with van der Waals surface area (Å²) in [5.74, 6) is -0.0736. The fourth-order valence-corrected chi connectivity index (χ4v) is 3.71. The molecule has 0 radical (unpaired) electrons. The fraction of sp³-hybridized carbons (Fsp3) is 0.421. The van der Waals surface area contributed by atoms with Crippen LogP contribution in [0.1, 0.15) is 30.7 Å². The van der Waals surface area contributed by atoms with Gasteiger partial charge in [0.2, 0.25) is 11.8 Å². The van der Waals surface area contributed by atoms with Crippen LogP contribution in [0.2, 0.25) is 0 Å². The molecule has 0 aliphatic carbocycles. The molecule has 0 bridgehead atoms. The molecule has 3 rings (SSSR count). The fourth-order valence-electron chi connectivity index (χ4n) is 2.91. The lowest BCUT2D eigenvalue weighted by Crippen LogP contribution is -2.42. The molecule has 1 N–H and O–H groups in total. The number of rotatable bonds is 6. The summed E-state index contributed by atoms with van der Waals surface area (Å²) in [6.07, 6.45) is 4.27. The standard InChI is InChI=1S/C19H23N3O2S/c23-17(20-13-19(24)22-11-5-2-6-12-22)9-10-18-21-16(14-25-18)15-7-3-1-4-8-15/h1,3-4,7-8,14H,2,5-6,9-13H2,(H,20,23). The van der Waals surface area contributed by atoms with Crippen molar-refractivity contribution in [2.24, 2.45) is 0 Å². The van der Waals surface area contributed by atoms with Gasteiger partial charge in [-0.05, 0) is 19.3 Å². The van der Waals surface area contributed by atoms with Crippen LogP contribution in [0.25, 0.3) is 11.3 Å². The molecule has 1 aromatic carbocycles. The maximum Gasteiger partial charge on any atom is 0.241 e. The predicted molar refractivity (Wildman–Crippen MR) is 99.3 cm³/mol. The van der Waals surface area contributed by atoms with E-state index in [1.54, 1.807) is 11.3 Å². The second kappa shape index (κ2) is 8.76. The topological polar surface area (TPSA) is 62.3 Å². The SMILES string of the molecule is O=C(CCc1nc(-c2ccccc2)cs1)NCC(=O)N1CCCCC1. The maximum atomic E-state index is 12.0. The van der Waals surface area contributed by atoms with Crippen LogP contribution in [-0.2, 0) is 16.0 Å². The Morgan fingerprint density at radius 1 is 1.12 bits per heavy atom. The Labute approximate surface area is 152 Å². The third-order valence-corrected chi connectivity index (χ3v) is 5.24. The van der Waals surface area contributed by atoms with E-state index in [9.17, 15) is 9.59 Å². The second-order valence-corrected chi connectivity index (χ2v) is 7.15. The van der Waals surface area contributed by atoms with Crippen LogP contribution >= 0.6 is 11.3 Å². The normalized spacial score (nSPS) is 14.3. The Bertz CT molecular complexity index is 708. The van der Waals surface area contributed by atoms with Crippen LogP contribution in [0.5, 0.6) is 0 Å². The number of likely N-dealkylation sites (tertiary alicyclic amines) is 1. The van der Waals surface area contributed by atoms with E-state index < -0.39 is 0 Å². The molecule has 1 aromatic heterocycles. The van der Waals surface area contributed by atoms with Crippen LogP contribution in [0.3, 0.4) is 0 Å². The van der Waals surface area contributed by atoms with E-state index in [-0.39, 0.29) is 18.4 Å². The molecule has 132 valence electrons. The van der Waals surface area contributed by atoms with E-state index in [0.717, 1.165) is 42.2 Å². The molecule has 6 heteroatoms. The summed E-state index contributed by atoms with van der Waals surface area (Å²) in [6, 6.07) is 10.0. The lowest BCUT2D eigenvalue weighted by atomic mass is 10.1. The molecule has 2 aromatic rings. The monoisotopic (exact) mass is 357 g/mol. The van der Waals surface area contributed by atoms with Gasteiger partial charge in [0.05, 0.1) is 17.2 Å². The first-order valence-electron chi connectivity index (χ1n) is 8.76. The zero-order chi connectivity index (χ0) is 17.5. The van der Waals surface area contributed by atoms with Crippen molar-refractivity contribution in [3.8, 4) is 11.3 Å². The van der Waals surface area contributed by atoms with Crippen molar-refractivity contribution in [1.29, 1.82) is 0 Å². The van der Waals surface area contributed by atoms with Crippen LogP contribution in [-0.4, -0.2) is 41.3 Å². The number of hydrogen-bond donors (Lipinski definition) is 1. The first-order valence-corrected chi connectivity index (χ1v) is 9.64. The summed E-state index contributed by atoms with van der Waals surface area (Å²) in [5.41, 5.74) is 2.03. The highest BCUT2D eigenvalue weighted by molar-refractivity contribution is 7.09. The lowest BCUT2D eigenvalue weighted by Gasteiger charge is -2.26. The summed E-state index contributed by atoms with van der Waals surface area (Å²) in [6.45, 7) is 1.73. The molecule has 1 aliphatic rings. The van der Waals surface area contributed by atoms with Gasteiger partial charge in [0, 0.05) is 36.9 Å². The van der Waals surface area contributed by atoms with Crippen LogP contribution in [0, 0.1) is 0 Å². The van der Waals surface area contributed by atoms with Crippen molar-refractivity contribution >= 4 is 23.2 Å². The van der Waals surface area contributed by atoms with E-state index in [0.29, 0.717) is 12.8 Å². The van der Waals surface area contributed by atoms with Gasteiger partial charge in [-0.1, -0.05) is 30.3 Å². The van der Waals surface area contributed by atoms with Gasteiger partial charge in [-0.3, -0.25) is 9.59 Å². The van der Waals surface area contributed by atoms with Crippen molar-refractivity contribution in [2.75, 3.05) is 19.6 Å². The molecule has 2 amide bonds. The highest BCUT2D eigenvalue weighted by Crippen LogP contribution is 2.22. The molecule has 1 saturated heterocycles. The Kier molecular flexibility index (Phi) is 6.17. The lowest BCUT2D eigenvalue weighted by molar-refractivity contribution is -0.133. The molecule has 2 heterocycles. The quantitative estimate of drug-likeness (QED) is 0.865. The van der Waals surface area contributed by atoms with Gasteiger partial charge in [-0.15, -0.1) is 11.3 Å². The van der Waals surface area contributed by atoms with E-state index in [2.05, 4.69) is 10.3 Å². The Morgan fingerprint density at radius 3 is 2.64 bits per heavy atom. The number of piperidine rings is 1. The van der Waals surface area contributed by atoms with Crippen molar-refractivity contribution in [3.05, 3.63) is 40.7 Å². The number of benzene rings is 1. The Morgan fingerprint density at radius 2 is 1.88 bits per heavy atom. The van der Waals surface area contributed by atoms with E-state index in [4.69, 9.17) is 0 Å². The largest absolute Gasteiger partial charge is 0.347 e. The minimum atomic E-state index is -0.0955. The van der Waals surface area contributed by atoms with Crippen LogP contribution in [0.15, 0.2) is 35.7 Å². The second-order valence-electron chi connectivity index (χ2n) is 6.21. The van der Waals surface area contributed by atoms with Gasteiger partial charge >= 0.3 is 0 Å². The summed E-state index contributed by atoms with van der Waals surface area (Å²) >= 11 is 1.57. The summed E-state index contributed by atoms with van der Waals surface area (Å²) in [7, 11) is 0. The number of nitrogens with zero attached hydrogens (tertiary/aromatic N) is 2. The molecular weight excluding hydrogens is 334 g/mol. The van der Waals surface area contributed by atoms with Gasteiger partial charge in [-0.25, -0.2) is 4.98 Å². The summed E-state index contributed by atoms with van der Waals surface area (Å²) in [4.78, 5) is 30.4. The first-order chi connectivity index (χ1) is 12.2. The average Bonchev–Trinajstić information content (AvgIpc) is 3.15. The van der Waals surface area contributed by atoms with Gasteiger partial charge < -0.3 is 10.2 Å². The number of aryl methyl sites for hydroxylation is 1. The number of nitrogens with one attached hydrogen (secondary N) is 1. The average molecular weight is 357 g/mol. The molecule has 25 heavy (non-hydrogen) atoms. The molecule has 0 saturated carbocycles. The number of amides is 2. The van der Waals surface area contributed by atoms with E-state index >= 15 is 0 Å². The van der Waals surface area contributed by atoms with Crippen LogP contribution < -0.4 is 5.32 Å².